The lowest BCUT2D eigenvalue weighted by molar-refractivity contribution is -0.133. The smallest absolute Gasteiger partial charge is 0.222 e. The van der Waals surface area contributed by atoms with Crippen LogP contribution >= 0.6 is 0 Å². The van der Waals surface area contributed by atoms with Gasteiger partial charge in [-0.1, -0.05) is 17.9 Å². The van der Waals surface area contributed by atoms with E-state index in [-0.39, 0.29) is 18.3 Å². The van der Waals surface area contributed by atoms with Crippen LogP contribution in [0.3, 0.4) is 0 Å². The monoisotopic (exact) mass is 260 g/mol. The van der Waals surface area contributed by atoms with Gasteiger partial charge in [-0.3, -0.25) is 4.79 Å². The molecule has 19 heavy (non-hydrogen) atoms. The number of carbonyl (C=O) groups is 1. The van der Waals surface area contributed by atoms with E-state index in [9.17, 15) is 9.18 Å². The van der Waals surface area contributed by atoms with Crippen LogP contribution in [0.5, 0.6) is 0 Å². The van der Waals surface area contributed by atoms with Crippen molar-refractivity contribution < 1.29 is 9.18 Å². The summed E-state index contributed by atoms with van der Waals surface area (Å²) in [6, 6.07) is 4.85. The van der Waals surface area contributed by atoms with Gasteiger partial charge in [0.1, 0.15) is 5.82 Å². The number of benzene rings is 1. The molecule has 0 aliphatic carbocycles. The molecule has 0 aromatic heterocycles. The highest BCUT2D eigenvalue weighted by atomic mass is 19.1. The SMILES string of the molecule is NCC#Cc1ccc(CN2CCCCC2=O)c(F)c1. The predicted octanol–water partition coefficient (Wildman–Crippen LogP) is 1.65. The summed E-state index contributed by atoms with van der Waals surface area (Å²) in [7, 11) is 0. The molecule has 0 spiro atoms. The number of halogens is 1. The highest BCUT2D eigenvalue weighted by Crippen LogP contribution is 2.17. The molecule has 0 saturated carbocycles. The maximum Gasteiger partial charge on any atom is 0.222 e. The summed E-state index contributed by atoms with van der Waals surface area (Å²) in [5, 5.41) is 0. The molecule has 3 nitrogen and oxygen atoms in total. The molecular weight excluding hydrogens is 243 g/mol. The molecule has 1 saturated heterocycles. The molecule has 4 heteroatoms. The zero-order valence-electron chi connectivity index (χ0n) is 10.8. The van der Waals surface area contributed by atoms with Gasteiger partial charge in [-0.2, -0.15) is 0 Å². The van der Waals surface area contributed by atoms with E-state index in [0.29, 0.717) is 30.6 Å². The zero-order chi connectivity index (χ0) is 13.7. The van der Waals surface area contributed by atoms with Crippen molar-refractivity contribution in [3.8, 4) is 11.8 Å². The second kappa shape index (κ2) is 6.35. The van der Waals surface area contributed by atoms with Crippen molar-refractivity contribution in [2.75, 3.05) is 13.1 Å². The third-order valence-corrected chi connectivity index (χ3v) is 3.17. The van der Waals surface area contributed by atoms with Gasteiger partial charge in [0.25, 0.3) is 0 Å². The molecule has 2 rings (SSSR count). The van der Waals surface area contributed by atoms with E-state index < -0.39 is 0 Å². The average Bonchev–Trinajstić information content (AvgIpc) is 2.41. The molecule has 1 amide bonds. The fourth-order valence-corrected chi connectivity index (χ4v) is 2.14. The van der Waals surface area contributed by atoms with Crippen molar-refractivity contribution >= 4 is 5.91 Å². The van der Waals surface area contributed by atoms with Crippen LogP contribution in [-0.2, 0) is 11.3 Å². The standard InChI is InChI=1S/C15H17FN2O/c16-14-10-12(4-3-8-17)6-7-13(14)11-18-9-2-1-5-15(18)19/h6-7,10H,1-2,5,8-9,11,17H2. The molecule has 0 unspecified atom stereocenters. The number of carbonyl (C=O) groups excluding carboxylic acids is 1. The molecule has 100 valence electrons. The number of likely N-dealkylation sites (tertiary alicyclic amines) is 1. The molecule has 0 atom stereocenters. The van der Waals surface area contributed by atoms with Crippen LogP contribution in [0.1, 0.15) is 30.4 Å². The van der Waals surface area contributed by atoms with Crippen molar-refractivity contribution in [3.63, 3.8) is 0 Å². The number of hydrogen-bond donors (Lipinski definition) is 1. The predicted molar refractivity (Wildman–Crippen MR) is 71.6 cm³/mol. The van der Waals surface area contributed by atoms with E-state index in [1.165, 1.54) is 6.07 Å². The van der Waals surface area contributed by atoms with E-state index in [1.54, 1.807) is 17.0 Å². The number of hydrogen-bond acceptors (Lipinski definition) is 2. The van der Waals surface area contributed by atoms with Gasteiger partial charge in [0.2, 0.25) is 5.91 Å². The summed E-state index contributed by atoms with van der Waals surface area (Å²) < 4.78 is 13.9. The lowest BCUT2D eigenvalue weighted by atomic mass is 10.1. The molecule has 1 aliphatic heterocycles. The van der Waals surface area contributed by atoms with E-state index in [4.69, 9.17) is 5.73 Å². The van der Waals surface area contributed by atoms with Gasteiger partial charge in [0.15, 0.2) is 0 Å². The third-order valence-electron chi connectivity index (χ3n) is 3.17. The summed E-state index contributed by atoms with van der Waals surface area (Å²) in [6.07, 6.45) is 2.50. The Morgan fingerprint density at radius 2 is 2.21 bits per heavy atom. The lowest BCUT2D eigenvalue weighted by Gasteiger charge is -2.26. The first-order chi connectivity index (χ1) is 9.20. The van der Waals surface area contributed by atoms with E-state index >= 15 is 0 Å². The minimum absolute atomic E-state index is 0.109. The molecule has 2 N–H and O–H groups in total. The molecule has 1 heterocycles. The van der Waals surface area contributed by atoms with Gasteiger partial charge in [-0.15, -0.1) is 0 Å². The molecule has 1 aromatic carbocycles. The Labute approximate surface area is 112 Å². The largest absolute Gasteiger partial charge is 0.338 e. The fourth-order valence-electron chi connectivity index (χ4n) is 2.14. The fraction of sp³-hybridized carbons (Fsp3) is 0.400. The second-order valence-corrected chi connectivity index (χ2v) is 4.58. The number of amides is 1. The highest BCUT2D eigenvalue weighted by Gasteiger charge is 2.19. The highest BCUT2D eigenvalue weighted by molar-refractivity contribution is 5.76. The van der Waals surface area contributed by atoms with Gasteiger partial charge in [-0.25, -0.2) is 4.39 Å². The van der Waals surface area contributed by atoms with E-state index in [2.05, 4.69) is 11.8 Å². The van der Waals surface area contributed by atoms with Crippen molar-refractivity contribution in [2.24, 2.45) is 5.73 Å². The third kappa shape index (κ3) is 3.55. The number of nitrogens with two attached hydrogens (primary N) is 1. The summed E-state index contributed by atoms with van der Waals surface area (Å²) in [5.41, 5.74) is 6.42. The quantitative estimate of drug-likeness (QED) is 0.822. The Morgan fingerprint density at radius 3 is 2.89 bits per heavy atom. The maximum absolute atomic E-state index is 13.9. The minimum atomic E-state index is -0.317. The van der Waals surface area contributed by atoms with Crippen LogP contribution in [0.25, 0.3) is 0 Å². The van der Waals surface area contributed by atoms with Gasteiger partial charge in [-0.05, 0) is 25.0 Å². The van der Waals surface area contributed by atoms with Crippen molar-refractivity contribution in [2.45, 2.75) is 25.8 Å². The Hall–Kier alpha value is -1.86. The first kappa shape index (κ1) is 13.6. The van der Waals surface area contributed by atoms with Gasteiger partial charge >= 0.3 is 0 Å². The summed E-state index contributed by atoms with van der Waals surface area (Å²) in [6.45, 7) is 1.31. The van der Waals surface area contributed by atoms with Crippen LogP contribution in [0.15, 0.2) is 18.2 Å². The van der Waals surface area contributed by atoms with E-state index in [0.717, 1.165) is 12.8 Å². The Balaban J connectivity index is 2.10. The summed E-state index contributed by atoms with van der Waals surface area (Å²) >= 11 is 0. The lowest BCUT2D eigenvalue weighted by Crippen LogP contribution is -2.34. The van der Waals surface area contributed by atoms with Crippen molar-refractivity contribution in [3.05, 3.63) is 35.1 Å². The molecule has 0 bridgehead atoms. The summed E-state index contributed by atoms with van der Waals surface area (Å²) in [4.78, 5) is 13.4. The number of rotatable bonds is 2. The van der Waals surface area contributed by atoms with Gasteiger partial charge in [0.05, 0.1) is 6.54 Å². The van der Waals surface area contributed by atoms with Crippen LogP contribution in [-0.4, -0.2) is 23.9 Å². The number of nitrogens with zero attached hydrogens (tertiary/aromatic N) is 1. The topological polar surface area (TPSA) is 46.3 Å². The maximum atomic E-state index is 13.9. The molecule has 1 fully saturated rings. The van der Waals surface area contributed by atoms with Gasteiger partial charge < -0.3 is 10.6 Å². The first-order valence-corrected chi connectivity index (χ1v) is 6.46. The van der Waals surface area contributed by atoms with Crippen LogP contribution < -0.4 is 5.73 Å². The normalized spacial score (nSPS) is 15.1. The number of piperidine rings is 1. The van der Waals surface area contributed by atoms with Crippen molar-refractivity contribution in [1.29, 1.82) is 0 Å². The zero-order valence-corrected chi connectivity index (χ0v) is 10.8. The molecular formula is C15H17FN2O. The average molecular weight is 260 g/mol. The Kier molecular flexibility index (Phi) is 4.53. The van der Waals surface area contributed by atoms with Crippen LogP contribution in [0.2, 0.25) is 0 Å². The van der Waals surface area contributed by atoms with Crippen LogP contribution in [0, 0.1) is 17.7 Å². The Bertz CT molecular complexity index is 531. The Morgan fingerprint density at radius 1 is 1.37 bits per heavy atom. The minimum Gasteiger partial charge on any atom is -0.338 e. The summed E-state index contributed by atoms with van der Waals surface area (Å²) in [5.74, 6) is 5.27. The molecule has 1 aromatic rings. The second-order valence-electron chi connectivity index (χ2n) is 4.58. The van der Waals surface area contributed by atoms with Crippen LogP contribution in [0.4, 0.5) is 4.39 Å². The first-order valence-electron chi connectivity index (χ1n) is 6.46. The molecule has 0 radical (unpaired) electrons. The molecule has 1 aliphatic rings. The van der Waals surface area contributed by atoms with E-state index in [1.807, 2.05) is 0 Å². The van der Waals surface area contributed by atoms with Gasteiger partial charge in [0, 0.05) is 30.6 Å². The van der Waals surface area contributed by atoms with Crippen molar-refractivity contribution in [1.82, 2.24) is 4.90 Å².